The van der Waals surface area contributed by atoms with Gasteiger partial charge in [-0.1, -0.05) is 66.7 Å². The van der Waals surface area contributed by atoms with Gasteiger partial charge < -0.3 is 4.18 Å². The number of aryl methyl sites for hydroxylation is 1. The van der Waals surface area contributed by atoms with E-state index in [9.17, 15) is 13.2 Å². The molecule has 0 N–H and O–H groups in total. The van der Waals surface area contributed by atoms with Crippen molar-refractivity contribution in [2.24, 2.45) is 0 Å². The van der Waals surface area contributed by atoms with Gasteiger partial charge in [0.1, 0.15) is 10.6 Å². The first-order valence-electron chi connectivity index (χ1n) is 8.99. The number of allylic oxidation sites excluding steroid dienone is 2. The van der Waals surface area contributed by atoms with Crippen LogP contribution in [0.2, 0.25) is 0 Å². The standard InChI is InChI=1S/C24H20O4S/c1-19-7-5-6-8-21(19)14-16-22(25)15-11-20-12-17-23(18-13-20)28-29(26,27)24-9-3-2-4-10-24/h2-18H,1H3/b15-11+,16-14+. The van der Waals surface area contributed by atoms with Crippen LogP contribution in [-0.2, 0) is 14.9 Å². The average molecular weight is 404 g/mol. The molecule has 0 bridgehead atoms. The van der Waals surface area contributed by atoms with Gasteiger partial charge in [0.15, 0.2) is 5.78 Å². The molecule has 5 heteroatoms. The third-order valence-electron chi connectivity index (χ3n) is 4.17. The molecule has 0 radical (unpaired) electrons. The number of carbonyl (C=O) groups is 1. The van der Waals surface area contributed by atoms with Gasteiger partial charge in [0.2, 0.25) is 0 Å². The van der Waals surface area contributed by atoms with Gasteiger partial charge in [-0.15, -0.1) is 0 Å². The van der Waals surface area contributed by atoms with Crippen LogP contribution in [0.4, 0.5) is 0 Å². The minimum absolute atomic E-state index is 0.0926. The Morgan fingerprint density at radius 2 is 1.41 bits per heavy atom. The van der Waals surface area contributed by atoms with E-state index in [0.717, 1.165) is 16.7 Å². The van der Waals surface area contributed by atoms with Gasteiger partial charge in [-0.3, -0.25) is 4.79 Å². The Balaban J connectivity index is 1.63. The lowest BCUT2D eigenvalue weighted by Crippen LogP contribution is -2.09. The zero-order chi connectivity index (χ0) is 20.7. The molecule has 0 spiro atoms. The SMILES string of the molecule is Cc1ccccc1/C=C/C(=O)/C=C/c1ccc(OS(=O)(=O)c2ccccc2)cc1. The van der Waals surface area contributed by atoms with E-state index >= 15 is 0 Å². The molecular formula is C24H20O4S. The van der Waals surface area contributed by atoms with Crippen molar-refractivity contribution in [3.63, 3.8) is 0 Å². The Labute approximate surface area is 170 Å². The van der Waals surface area contributed by atoms with Crippen LogP contribution in [0.5, 0.6) is 5.75 Å². The molecule has 0 amide bonds. The number of rotatable bonds is 7. The summed E-state index contributed by atoms with van der Waals surface area (Å²) in [6, 6.07) is 22.2. The Hall–Kier alpha value is -3.44. The largest absolute Gasteiger partial charge is 0.379 e. The van der Waals surface area contributed by atoms with E-state index in [0.29, 0.717) is 0 Å². The Morgan fingerprint density at radius 3 is 2.10 bits per heavy atom. The molecule has 3 aromatic rings. The molecule has 0 aliphatic rings. The van der Waals surface area contributed by atoms with Crippen molar-refractivity contribution in [2.75, 3.05) is 0 Å². The number of ketones is 1. The van der Waals surface area contributed by atoms with Crippen LogP contribution in [0, 0.1) is 6.92 Å². The van der Waals surface area contributed by atoms with E-state index in [1.807, 2.05) is 31.2 Å². The van der Waals surface area contributed by atoms with Crippen molar-refractivity contribution >= 4 is 28.1 Å². The average Bonchev–Trinajstić information content (AvgIpc) is 2.73. The fourth-order valence-corrected chi connectivity index (χ4v) is 3.53. The van der Waals surface area contributed by atoms with Gasteiger partial charge in [-0.05, 0) is 60.0 Å². The predicted octanol–water partition coefficient (Wildman–Crippen LogP) is 5.06. The van der Waals surface area contributed by atoms with Gasteiger partial charge in [0.25, 0.3) is 0 Å². The van der Waals surface area contributed by atoms with Crippen LogP contribution in [0.3, 0.4) is 0 Å². The molecule has 146 valence electrons. The van der Waals surface area contributed by atoms with E-state index in [4.69, 9.17) is 4.18 Å². The minimum atomic E-state index is -3.87. The molecular weight excluding hydrogens is 384 g/mol. The Morgan fingerprint density at radius 1 is 0.793 bits per heavy atom. The highest BCUT2D eigenvalue weighted by Crippen LogP contribution is 2.19. The van der Waals surface area contributed by atoms with E-state index in [1.54, 1.807) is 54.6 Å². The fraction of sp³-hybridized carbons (Fsp3) is 0.0417. The van der Waals surface area contributed by atoms with Crippen molar-refractivity contribution < 1.29 is 17.4 Å². The summed E-state index contributed by atoms with van der Waals surface area (Å²) in [5.41, 5.74) is 2.85. The predicted molar refractivity (Wildman–Crippen MR) is 115 cm³/mol. The molecule has 3 rings (SSSR count). The van der Waals surface area contributed by atoms with Crippen LogP contribution in [0.1, 0.15) is 16.7 Å². The summed E-state index contributed by atoms with van der Waals surface area (Å²) in [7, 11) is -3.87. The molecule has 0 aromatic heterocycles. The molecule has 0 fully saturated rings. The molecule has 0 heterocycles. The minimum Gasteiger partial charge on any atom is -0.379 e. The summed E-state index contributed by atoms with van der Waals surface area (Å²) in [4.78, 5) is 12.1. The maximum absolute atomic E-state index is 12.2. The molecule has 0 aliphatic carbocycles. The third-order valence-corrected chi connectivity index (χ3v) is 5.43. The molecule has 0 saturated heterocycles. The summed E-state index contributed by atoms with van der Waals surface area (Å²) < 4.78 is 29.6. The molecule has 0 aliphatic heterocycles. The zero-order valence-electron chi connectivity index (χ0n) is 15.9. The van der Waals surface area contributed by atoms with E-state index < -0.39 is 10.1 Å². The number of hydrogen-bond acceptors (Lipinski definition) is 4. The van der Waals surface area contributed by atoms with Crippen LogP contribution in [-0.4, -0.2) is 14.2 Å². The van der Waals surface area contributed by atoms with Crippen molar-refractivity contribution in [2.45, 2.75) is 11.8 Å². The summed E-state index contributed by atoms with van der Waals surface area (Å²) >= 11 is 0. The van der Waals surface area contributed by atoms with Crippen LogP contribution in [0.25, 0.3) is 12.2 Å². The maximum Gasteiger partial charge on any atom is 0.339 e. The quantitative estimate of drug-likeness (QED) is 0.408. The highest BCUT2D eigenvalue weighted by atomic mass is 32.2. The van der Waals surface area contributed by atoms with Gasteiger partial charge >= 0.3 is 10.1 Å². The fourth-order valence-electron chi connectivity index (χ4n) is 2.58. The first-order chi connectivity index (χ1) is 13.9. The zero-order valence-corrected chi connectivity index (χ0v) is 16.7. The molecule has 4 nitrogen and oxygen atoms in total. The summed E-state index contributed by atoms with van der Waals surface area (Å²) in [5, 5.41) is 0. The second-order valence-electron chi connectivity index (χ2n) is 6.35. The van der Waals surface area contributed by atoms with Crippen molar-refractivity contribution in [3.8, 4) is 5.75 Å². The van der Waals surface area contributed by atoms with Crippen LogP contribution < -0.4 is 4.18 Å². The summed E-state index contributed by atoms with van der Waals surface area (Å²) in [6.07, 6.45) is 6.43. The van der Waals surface area contributed by atoms with Crippen molar-refractivity contribution in [1.82, 2.24) is 0 Å². The first-order valence-corrected chi connectivity index (χ1v) is 10.4. The molecule has 29 heavy (non-hydrogen) atoms. The first kappa shape index (κ1) is 20.3. The van der Waals surface area contributed by atoms with Crippen LogP contribution in [0.15, 0.2) is 95.9 Å². The van der Waals surface area contributed by atoms with Crippen molar-refractivity contribution in [1.29, 1.82) is 0 Å². The maximum atomic E-state index is 12.2. The van der Waals surface area contributed by atoms with Crippen LogP contribution >= 0.6 is 0 Å². The Bertz CT molecular complexity index is 1140. The molecule has 0 unspecified atom stereocenters. The number of hydrogen-bond donors (Lipinski definition) is 0. The lowest BCUT2D eigenvalue weighted by molar-refractivity contribution is -0.110. The monoisotopic (exact) mass is 404 g/mol. The normalized spacial score (nSPS) is 11.8. The van der Waals surface area contributed by atoms with Gasteiger partial charge in [0.05, 0.1) is 0 Å². The highest BCUT2D eigenvalue weighted by molar-refractivity contribution is 7.87. The summed E-state index contributed by atoms with van der Waals surface area (Å²) in [6.45, 7) is 1.99. The number of benzene rings is 3. The molecule has 3 aromatic carbocycles. The van der Waals surface area contributed by atoms with E-state index in [-0.39, 0.29) is 16.4 Å². The second-order valence-corrected chi connectivity index (χ2v) is 7.89. The van der Waals surface area contributed by atoms with E-state index in [2.05, 4.69) is 0 Å². The highest BCUT2D eigenvalue weighted by Gasteiger charge is 2.15. The Kier molecular flexibility index (Phi) is 6.42. The lowest BCUT2D eigenvalue weighted by atomic mass is 10.1. The second kappa shape index (κ2) is 9.17. The van der Waals surface area contributed by atoms with Crippen molar-refractivity contribution in [3.05, 3.63) is 108 Å². The van der Waals surface area contributed by atoms with Gasteiger partial charge in [0, 0.05) is 0 Å². The number of carbonyl (C=O) groups excluding carboxylic acids is 1. The summed E-state index contributed by atoms with van der Waals surface area (Å²) in [5.74, 6) is 0.0667. The smallest absolute Gasteiger partial charge is 0.339 e. The topological polar surface area (TPSA) is 60.4 Å². The molecule has 0 atom stereocenters. The van der Waals surface area contributed by atoms with Gasteiger partial charge in [-0.25, -0.2) is 0 Å². The molecule has 0 saturated carbocycles. The van der Waals surface area contributed by atoms with E-state index in [1.165, 1.54) is 24.3 Å². The third kappa shape index (κ3) is 5.77. The lowest BCUT2D eigenvalue weighted by Gasteiger charge is -2.06. The van der Waals surface area contributed by atoms with Gasteiger partial charge in [-0.2, -0.15) is 8.42 Å².